The van der Waals surface area contributed by atoms with Crippen molar-refractivity contribution in [3.63, 3.8) is 0 Å². The van der Waals surface area contributed by atoms with Crippen molar-refractivity contribution in [2.75, 3.05) is 10.2 Å². The Morgan fingerprint density at radius 3 is 2.40 bits per heavy atom. The quantitative estimate of drug-likeness (QED) is 0.254. The fraction of sp³-hybridized carbons (Fsp3) is 0.179. The molecule has 2 aliphatic heterocycles. The molecule has 4 heterocycles. The number of carbonyl (C=O) groups is 3. The molecule has 1 saturated heterocycles. The Kier molecular flexibility index (Phi) is 6.97. The first kappa shape index (κ1) is 27.8. The molecule has 2 aromatic carbocycles. The fourth-order valence-corrected chi connectivity index (χ4v) is 7.97. The summed E-state index contributed by atoms with van der Waals surface area (Å²) in [7, 11) is 0. The first-order chi connectivity index (χ1) is 20.0. The van der Waals surface area contributed by atoms with E-state index in [1.54, 1.807) is 12.1 Å². The van der Waals surface area contributed by atoms with Gasteiger partial charge in [-0.3, -0.25) is 28.7 Å². The van der Waals surface area contributed by atoms with Crippen molar-refractivity contribution in [2.45, 2.75) is 28.9 Å². The summed E-state index contributed by atoms with van der Waals surface area (Å²) in [5.41, 5.74) is -0.905. The van der Waals surface area contributed by atoms with Crippen LogP contribution in [0.4, 0.5) is 28.9 Å². The molecular weight excluding hydrogens is 596 g/mol. The van der Waals surface area contributed by atoms with E-state index in [0.29, 0.717) is 21.0 Å². The molecule has 0 aliphatic carbocycles. The lowest BCUT2D eigenvalue weighted by molar-refractivity contribution is -0.137. The third-order valence-corrected chi connectivity index (χ3v) is 9.58. The molecular formula is C28H18F4N4O4S2. The number of thioether (sulfide) groups is 1. The lowest BCUT2D eigenvalue weighted by Gasteiger charge is -2.30. The Bertz CT molecular complexity index is 1770. The van der Waals surface area contributed by atoms with Crippen LogP contribution in [0.15, 0.2) is 82.9 Å². The Morgan fingerprint density at radius 1 is 0.976 bits per heavy atom. The van der Waals surface area contributed by atoms with E-state index in [1.165, 1.54) is 41.2 Å². The van der Waals surface area contributed by atoms with Crippen LogP contribution in [0.5, 0.6) is 0 Å². The monoisotopic (exact) mass is 614 g/mol. The minimum atomic E-state index is -4.82. The van der Waals surface area contributed by atoms with E-state index in [-0.39, 0.29) is 5.03 Å². The number of hydrogen-bond acceptors (Lipinski definition) is 7. The van der Waals surface area contributed by atoms with Gasteiger partial charge in [0.15, 0.2) is 0 Å². The van der Waals surface area contributed by atoms with Gasteiger partial charge in [-0.25, -0.2) is 9.29 Å². The number of rotatable bonds is 5. The highest BCUT2D eigenvalue weighted by Crippen LogP contribution is 2.54. The van der Waals surface area contributed by atoms with E-state index >= 15 is 0 Å². The number of hydrogen-bond donors (Lipinski definition) is 1. The van der Waals surface area contributed by atoms with Gasteiger partial charge in [0.2, 0.25) is 17.7 Å². The zero-order valence-corrected chi connectivity index (χ0v) is 22.8. The van der Waals surface area contributed by atoms with Gasteiger partial charge in [0.05, 0.1) is 22.2 Å². The second-order valence-electron chi connectivity index (χ2n) is 9.53. The summed E-state index contributed by atoms with van der Waals surface area (Å²) in [5.74, 6) is -4.77. The molecule has 3 atom stereocenters. The van der Waals surface area contributed by atoms with E-state index in [0.717, 1.165) is 47.4 Å². The van der Waals surface area contributed by atoms with Crippen LogP contribution in [0.3, 0.4) is 0 Å². The van der Waals surface area contributed by atoms with Crippen molar-refractivity contribution in [3.8, 4) is 0 Å². The Labute approximate surface area is 243 Å². The van der Waals surface area contributed by atoms with E-state index < -0.39 is 69.5 Å². The number of alkyl halides is 3. The SMILES string of the molecule is O=C(Cn1c2c(sc1=O)[C@H](c1cccnc1)C1C(=O)N(c3ccccc3C(F)(F)F)C(=O)C1S2)Nc1ccc(F)cc1. The van der Waals surface area contributed by atoms with E-state index in [2.05, 4.69) is 10.3 Å². The zero-order valence-electron chi connectivity index (χ0n) is 21.2. The summed E-state index contributed by atoms with van der Waals surface area (Å²) in [4.78, 5) is 58.2. The van der Waals surface area contributed by atoms with Crippen LogP contribution >= 0.6 is 23.1 Å². The van der Waals surface area contributed by atoms with Gasteiger partial charge in [-0.2, -0.15) is 13.2 Å². The topological polar surface area (TPSA) is 101 Å². The van der Waals surface area contributed by atoms with Gasteiger partial charge >= 0.3 is 11.0 Å². The molecule has 0 spiro atoms. The summed E-state index contributed by atoms with van der Waals surface area (Å²) in [6.45, 7) is -0.449. The maximum absolute atomic E-state index is 13.9. The van der Waals surface area contributed by atoms with Crippen LogP contribution in [0, 0.1) is 11.7 Å². The molecule has 8 nitrogen and oxygen atoms in total. The average molecular weight is 615 g/mol. The number of fused-ring (bicyclic) bond motifs is 2. The van der Waals surface area contributed by atoms with Crippen LogP contribution in [-0.2, 0) is 27.1 Å². The number of benzene rings is 2. The molecule has 2 unspecified atom stereocenters. The first-order valence-corrected chi connectivity index (χ1v) is 14.1. The number of pyridine rings is 1. The maximum Gasteiger partial charge on any atom is 0.418 e. The Morgan fingerprint density at radius 2 is 1.71 bits per heavy atom. The maximum atomic E-state index is 13.9. The lowest BCUT2D eigenvalue weighted by atomic mass is 9.84. The fourth-order valence-electron chi connectivity index (χ4n) is 5.20. The molecule has 2 aliphatic rings. The summed E-state index contributed by atoms with van der Waals surface area (Å²) in [6, 6.07) is 12.7. The van der Waals surface area contributed by atoms with Crippen molar-refractivity contribution in [3.05, 3.63) is 105 Å². The van der Waals surface area contributed by atoms with Crippen LogP contribution in [0.25, 0.3) is 0 Å². The summed E-state index contributed by atoms with van der Waals surface area (Å²) < 4.78 is 56.0. The molecule has 0 saturated carbocycles. The van der Waals surface area contributed by atoms with Gasteiger partial charge in [-0.05, 0) is 48.0 Å². The predicted molar refractivity (Wildman–Crippen MR) is 147 cm³/mol. The number of imide groups is 1. The van der Waals surface area contributed by atoms with Crippen molar-refractivity contribution in [1.82, 2.24) is 9.55 Å². The number of halogens is 4. The largest absolute Gasteiger partial charge is 0.418 e. The standard InChI is InChI=1S/C28H18F4N4O4S2/c29-15-7-9-16(10-8-15)34-19(37)13-35-26-23(42-27(35)40)20(14-4-3-11-33-12-14)21-22(41-26)25(39)36(24(21)38)18-6-2-1-5-17(18)28(30,31)32/h1-12,20-22H,13H2,(H,34,37)/t20-,21?,22?/m1/s1. The number of nitrogens with one attached hydrogen (secondary N) is 1. The average Bonchev–Trinajstić information content (AvgIpc) is 3.40. The second-order valence-corrected chi connectivity index (χ2v) is 11.7. The number of nitrogens with zero attached hydrogens (tertiary/aromatic N) is 3. The van der Waals surface area contributed by atoms with Gasteiger partial charge in [0.1, 0.15) is 17.6 Å². The summed E-state index contributed by atoms with van der Waals surface area (Å²) in [5, 5.41) is 1.68. The molecule has 4 aromatic rings. The minimum Gasteiger partial charge on any atom is -0.325 e. The number of para-hydroxylation sites is 1. The highest BCUT2D eigenvalue weighted by molar-refractivity contribution is 8.00. The smallest absolute Gasteiger partial charge is 0.325 e. The molecule has 6 rings (SSSR count). The van der Waals surface area contributed by atoms with E-state index in [1.807, 2.05) is 0 Å². The number of aromatic nitrogens is 2. The first-order valence-electron chi connectivity index (χ1n) is 12.4. The molecule has 1 fully saturated rings. The lowest BCUT2D eigenvalue weighted by Crippen LogP contribution is -2.33. The normalized spacial score (nSPS) is 19.9. The van der Waals surface area contributed by atoms with Crippen molar-refractivity contribution < 1.29 is 31.9 Å². The van der Waals surface area contributed by atoms with Crippen LogP contribution < -0.4 is 15.1 Å². The third-order valence-electron chi connectivity index (χ3n) is 6.97. The van der Waals surface area contributed by atoms with Gasteiger partial charge in [-0.15, -0.1) is 0 Å². The van der Waals surface area contributed by atoms with Crippen LogP contribution in [-0.4, -0.2) is 32.5 Å². The van der Waals surface area contributed by atoms with Gasteiger partial charge in [-0.1, -0.05) is 41.3 Å². The summed E-state index contributed by atoms with van der Waals surface area (Å²) in [6.07, 6.45) is -1.85. The Balaban J connectivity index is 1.41. The summed E-state index contributed by atoms with van der Waals surface area (Å²) >= 11 is 1.67. The zero-order chi connectivity index (χ0) is 29.8. The van der Waals surface area contributed by atoms with E-state index in [4.69, 9.17) is 0 Å². The molecule has 14 heteroatoms. The molecule has 3 amide bonds. The van der Waals surface area contributed by atoms with Crippen molar-refractivity contribution in [2.24, 2.45) is 5.92 Å². The minimum absolute atomic E-state index is 0.265. The Hall–Kier alpha value is -4.30. The van der Waals surface area contributed by atoms with Crippen molar-refractivity contribution >= 4 is 52.2 Å². The van der Waals surface area contributed by atoms with E-state index in [9.17, 15) is 36.7 Å². The van der Waals surface area contributed by atoms with Crippen molar-refractivity contribution in [1.29, 1.82) is 0 Å². The number of anilines is 2. The number of amides is 3. The molecule has 214 valence electrons. The highest BCUT2D eigenvalue weighted by Gasteiger charge is 2.57. The molecule has 0 radical (unpaired) electrons. The molecule has 42 heavy (non-hydrogen) atoms. The van der Waals surface area contributed by atoms with Crippen LogP contribution in [0.2, 0.25) is 0 Å². The molecule has 2 aromatic heterocycles. The number of carbonyl (C=O) groups excluding carboxylic acids is 3. The van der Waals surface area contributed by atoms with Crippen LogP contribution in [0.1, 0.15) is 21.9 Å². The molecule has 1 N–H and O–H groups in total. The van der Waals surface area contributed by atoms with Gasteiger partial charge < -0.3 is 5.32 Å². The number of thiazole rings is 1. The highest BCUT2D eigenvalue weighted by atomic mass is 32.2. The third kappa shape index (κ3) is 4.79. The van der Waals surface area contributed by atoms with Gasteiger partial charge in [0.25, 0.3) is 0 Å². The molecule has 0 bridgehead atoms. The second kappa shape index (κ2) is 10.5. The predicted octanol–water partition coefficient (Wildman–Crippen LogP) is 4.90. The van der Waals surface area contributed by atoms with Gasteiger partial charge in [0, 0.05) is 28.9 Å².